The molecule has 80 valence electrons. The minimum absolute atomic E-state index is 0.382. The highest BCUT2D eigenvalue weighted by Gasteiger charge is 2.07. The predicted octanol–water partition coefficient (Wildman–Crippen LogP) is 1.97. The van der Waals surface area contributed by atoms with Gasteiger partial charge in [0.25, 0.3) is 0 Å². The molecule has 16 heavy (non-hydrogen) atoms. The fraction of sp³-hybridized carbons (Fsp3) is 0.167. The zero-order chi connectivity index (χ0) is 11.5. The number of aromatic nitrogens is 3. The van der Waals surface area contributed by atoms with E-state index in [1.165, 1.54) is 0 Å². The molecule has 0 amide bonds. The van der Waals surface area contributed by atoms with Crippen molar-refractivity contribution in [1.29, 1.82) is 0 Å². The molecule has 0 atom stereocenters. The molecule has 0 aromatic carbocycles. The Morgan fingerprint density at radius 3 is 2.75 bits per heavy atom. The summed E-state index contributed by atoms with van der Waals surface area (Å²) in [4.78, 5) is 23.4. The molecule has 0 aliphatic heterocycles. The summed E-state index contributed by atoms with van der Waals surface area (Å²) in [5, 5.41) is 0. The summed E-state index contributed by atoms with van der Waals surface area (Å²) in [6.45, 7) is 3.77. The van der Waals surface area contributed by atoms with Gasteiger partial charge in [0.1, 0.15) is 11.4 Å². The third-order valence-electron chi connectivity index (χ3n) is 2.22. The largest absolute Gasteiger partial charge is 0.296 e. The first kappa shape index (κ1) is 10.4. The number of nitrogens with zero attached hydrogens (tertiary/aromatic N) is 3. The molecule has 0 radical (unpaired) electrons. The maximum absolute atomic E-state index is 10.7. The van der Waals surface area contributed by atoms with E-state index in [0.717, 1.165) is 17.5 Å². The molecule has 0 aliphatic carbocycles. The van der Waals surface area contributed by atoms with Gasteiger partial charge in [0.15, 0.2) is 12.1 Å². The molecule has 2 aromatic heterocycles. The molecule has 0 saturated carbocycles. The van der Waals surface area contributed by atoms with Crippen molar-refractivity contribution < 1.29 is 4.79 Å². The summed E-state index contributed by atoms with van der Waals surface area (Å²) >= 11 is 0. The number of rotatable bonds is 2. The second-order valence-corrected chi connectivity index (χ2v) is 3.54. The highest BCUT2D eigenvalue weighted by Crippen LogP contribution is 2.16. The van der Waals surface area contributed by atoms with Gasteiger partial charge in [0, 0.05) is 11.9 Å². The highest BCUT2D eigenvalue weighted by molar-refractivity contribution is 5.73. The Kier molecular flexibility index (Phi) is 2.72. The summed E-state index contributed by atoms with van der Waals surface area (Å²) in [5.41, 5.74) is 2.85. The average molecular weight is 213 g/mol. The van der Waals surface area contributed by atoms with Crippen LogP contribution in [0.15, 0.2) is 24.4 Å². The van der Waals surface area contributed by atoms with Crippen LogP contribution in [0.3, 0.4) is 0 Å². The monoisotopic (exact) mass is 213 g/mol. The quantitative estimate of drug-likeness (QED) is 0.715. The van der Waals surface area contributed by atoms with Gasteiger partial charge >= 0.3 is 0 Å². The first-order valence-corrected chi connectivity index (χ1v) is 4.93. The molecule has 0 aliphatic rings. The number of aldehydes is 1. The van der Waals surface area contributed by atoms with Gasteiger partial charge in [-0.1, -0.05) is 6.07 Å². The number of carbonyl (C=O) groups excluding carboxylic acids is 1. The summed E-state index contributed by atoms with van der Waals surface area (Å²) < 4.78 is 0. The van der Waals surface area contributed by atoms with E-state index in [2.05, 4.69) is 15.0 Å². The maximum Gasteiger partial charge on any atom is 0.179 e. The fourth-order valence-electron chi connectivity index (χ4n) is 1.48. The fourth-order valence-corrected chi connectivity index (χ4v) is 1.48. The Balaban J connectivity index is 2.60. The Morgan fingerprint density at radius 1 is 1.25 bits per heavy atom. The molecular formula is C12H11N3O. The van der Waals surface area contributed by atoms with Crippen molar-refractivity contribution in [3.05, 3.63) is 41.3 Å². The van der Waals surface area contributed by atoms with Crippen LogP contribution in [-0.4, -0.2) is 21.2 Å². The van der Waals surface area contributed by atoms with Crippen LogP contribution in [0.1, 0.15) is 21.7 Å². The maximum atomic E-state index is 10.7. The number of aryl methyl sites for hydroxylation is 2. The van der Waals surface area contributed by atoms with Crippen LogP contribution in [0, 0.1) is 13.8 Å². The molecule has 4 heteroatoms. The van der Waals surface area contributed by atoms with E-state index in [1.807, 2.05) is 26.0 Å². The number of pyridine rings is 1. The number of hydrogen-bond acceptors (Lipinski definition) is 4. The SMILES string of the molecule is Cc1cc(C=O)nc(-c2ncccc2C)n1. The van der Waals surface area contributed by atoms with Crippen molar-refractivity contribution in [2.45, 2.75) is 13.8 Å². The van der Waals surface area contributed by atoms with Crippen LogP contribution in [0.4, 0.5) is 0 Å². The van der Waals surface area contributed by atoms with Crippen LogP contribution >= 0.6 is 0 Å². The molecule has 0 spiro atoms. The summed E-state index contributed by atoms with van der Waals surface area (Å²) in [7, 11) is 0. The minimum atomic E-state index is 0.382. The molecule has 4 nitrogen and oxygen atoms in total. The Hall–Kier alpha value is -2.10. The third kappa shape index (κ3) is 1.95. The lowest BCUT2D eigenvalue weighted by molar-refractivity contribution is 0.111. The third-order valence-corrected chi connectivity index (χ3v) is 2.22. The Bertz CT molecular complexity index is 538. The predicted molar refractivity (Wildman–Crippen MR) is 60.1 cm³/mol. The normalized spacial score (nSPS) is 10.1. The van der Waals surface area contributed by atoms with Gasteiger partial charge < -0.3 is 0 Å². The second-order valence-electron chi connectivity index (χ2n) is 3.54. The summed E-state index contributed by atoms with van der Waals surface area (Å²) in [6, 6.07) is 5.44. The van der Waals surface area contributed by atoms with E-state index >= 15 is 0 Å². The van der Waals surface area contributed by atoms with Gasteiger partial charge in [-0.3, -0.25) is 9.78 Å². The minimum Gasteiger partial charge on any atom is -0.296 e. The van der Waals surface area contributed by atoms with Crippen LogP contribution in [0.2, 0.25) is 0 Å². The van der Waals surface area contributed by atoms with Crippen LogP contribution < -0.4 is 0 Å². The molecule has 0 fully saturated rings. The van der Waals surface area contributed by atoms with Crippen molar-refractivity contribution in [3.8, 4) is 11.5 Å². The van der Waals surface area contributed by atoms with Crippen molar-refractivity contribution in [2.24, 2.45) is 0 Å². The van der Waals surface area contributed by atoms with Gasteiger partial charge in [-0.2, -0.15) is 0 Å². The van der Waals surface area contributed by atoms with Crippen LogP contribution in [0.5, 0.6) is 0 Å². The van der Waals surface area contributed by atoms with E-state index in [9.17, 15) is 4.79 Å². The van der Waals surface area contributed by atoms with Gasteiger partial charge in [-0.15, -0.1) is 0 Å². The van der Waals surface area contributed by atoms with E-state index in [-0.39, 0.29) is 0 Å². The first-order chi connectivity index (χ1) is 7.70. The van der Waals surface area contributed by atoms with Crippen molar-refractivity contribution in [2.75, 3.05) is 0 Å². The standard InChI is InChI=1S/C12H11N3O/c1-8-4-3-5-13-11(8)12-14-9(2)6-10(7-16)15-12/h3-7H,1-2H3. The molecule has 2 aromatic rings. The smallest absolute Gasteiger partial charge is 0.179 e. The lowest BCUT2D eigenvalue weighted by Crippen LogP contribution is -1.99. The molecule has 2 rings (SSSR count). The van der Waals surface area contributed by atoms with Crippen molar-refractivity contribution in [3.63, 3.8) is 0 Å². The highest BCUT2D eigenvalue weighted by atomic mass is 16.1. The van der Waals surface area contributed by atoms with Crippen LogP contribution in [0.25, 0.3) is 11.5 Å². The molecule has 0 saturated heterocycles. The molecular weight excluding hydrogens is 202 g/mol. The number of hydrogen-bond donors (Lipinski definition) is 0. The molecule has 0 bridgehead atoms. The summed E-state index contributed by atoms with van der Waals surface area (Å²) in [6.07, 6.45) is 2.41. The Morgan fingerprint density at radius 2 is 2.06 bits per heavy atom. The average Bonchev–Trinajstić information content (AvgIpc) is 2.28. The van der Waals surface area contributed by atoms with Crippen LogP contribution in [-0.2, 0) is 0 Å². The Labute approximate surface area is 93.4 Å². The summed E-state index contributed by atoms with van der Waals surface area (Å²) in [5.74, 6) is 0.500. The zero-order valence-electron chi connectivity index (χ0n) is 9.14. The molecule has 0 N–H and O–H groups in total. The van der Waals surface area contributed by atoms with Gasteiger partial charge in [-0.05, 0) is 31.5 Å². The molecule has 0 unspecified atom stereocenters. The number of carbonyl (C=O) groups is 1. The molecule has 2 heterocycles. The van der Waals surface area contributed by atoms with Gasteiger partial charge in [-0.25, -0.2) is 9.97 Å². The lowest BCUT2D eigenvalue weighted by Gasteiger charge is -2.04. The zero-order valence-corrected chi connectivity index (χ0v) is 9.14. The first-order valence-electron chi connectivity index (χ1n) is 4.93. The van der Waals surface area contributed by atoms with E-state index in [4.69, 9.17) is 0 Å². The van der Waals surface area contributed by atoms with E-state index in [0.29, 0.717) is 17.2 Å². The lowest BCUT2D eigenvalue weighted by atomic mass is 10.2. The van der Waals surface area contributed by atoms with E-state index < -0.39 is 0 Å². The van der Waals surface area contributed by atoms with Crippen molar-refractivity contribution >= 4 is 6.29 Å². The topological polar surface area (TPSA) is 55.7 Å². The van der Waals surface area contributed by atoms with E-state index in [1.54, 1.807) is 12.3 Å². The second kappa shape index (κ2) is 4.18. The van der Waals surface area contributed by atoms with Gasteiger partial charge in [0.2, 0.25) is 0 Å². The van der Waals surface area contributed by atoms with Crippen molar-refractivity contribution in [1.82, 2.24) is 15.0 Å². The van der Waals surface area contributed by atoms with Gasteiger partial charge in [0.05, 0.1) is 0 Å².